The summed E-state index contributed by atoms with van der Waals surface area (Å²) in [5.74, 6) is 0.900. The van der Waals surface area contributed by atoms with Gasteiger partial charge in [0, 0.05) is 11.6 Å². The van der Waals surface area contributed by atoms with Gasteiger partial charge < -0.3 is 14.5 Å². The molecular formula is C19H16N4O3S. The molecule has 0 radical (unpaired) electrons. The molecule has 0 aliphatic rings. The van der Waals surface area contributed by atoms with E-state index in [0.717, 1.165) is 15.9 Å². The molecule has 0 fully saturated rings. The second-order valence-electron chi connectivity index (χ2n) is 5.64. The Labute approximate surface area is 158 Å². The van der Waals surface area contributed by atoms with Crippen molar-refractivity contribution < 1.29 is 13.9 Å². The minimum atomic E-state index is -0.249. The summed E-state index contributed by atoms with van der Waals surface area (Å²) >= 11 is 1.53. The minimum absolute atomic E-state index is 0.249. The number of amides is 1. The van der Waals surface area contributed by atoms with Crippen LogP contribution in [0.1, 0.15) is 26.8 Å². The average Bonchev–Trinajstić information content (AvgIpc) is 3.45. The van der Waals surface area contributed by atoms with E-state index in [9.17, 15) is 4.79 Å². The number of benzene rings is 1. The van der Waals surface area contributed by atoms with Gasteiger partial charge in [-0.15, -0.1) is 11.3 Å². The van der Waals surface area contributed by atoms with Crippen molar-refractivity contribution >= 4 is 40.3 Å². The third-order valence-corrected chi connectivity index (χ3v) is 4.74. The summed E-state index contributed by atoms with van der Waals surface area (Å²) < 4.78 is 10.8. The lowest BCUT2D eigenvalue weighted by Gasteiger charge is -2.10. The maximum atomic E-state index is 12.7. The number of carbonyl (C=O) groups excluding carboxylic acids is 1. The van der Waals surface area contributed by atoms with E-state index in [1.807, 2.05) is 23.6 Å². The molecule has 0 saturated heterocycles. The topological polar surface area (TPSA) is 93.0 Å². The predicted octanol–water partition coefficient (Wildman–Crippen LogP) is 3.72. The van der Waals surface area contributed by atoms with Crippen molar-refractivity contribution in [2.75, 3.05) is 7.11 Å². The summed E-state index contributed by atoms with van der Waals surface area (Å²) in [6.45, 7) is 0.301. The summed E-state index contributed by atoms with van der Waals surface area (Å²) in [5, 5.41) is 13.7. The van der Waals surface area contributed by atoms with Gasteiger partial charge in [-0.2, -0.15) is 5.10 Å². The highest BCUT2D eigenvalue weighted by Gasteiger charge is 2.19. The number of furan rings is 1. The number of hydrogen-bond acceptors (Lipinski definition) is 6. The lowest BCUT2D eigenvalue weighted by atomic mass is 10.1. The van der Waals surface area contributed by atoms with E-state index >= 15 is 0 Å². The average molecular weight is 380 g/mol. The zero-order valence-electron chi connectivity index (χ0n) is 14.4. The zero-order chi connectivity index (χ0) is 18.6. The predicted molar refractivity (Wildman–Crippen MR) is 104 cm³/mol. The standard InChI is InChI=1S/C19H16N4O3S/c1-25-18-13(19(24)21-11-12-3-2-9-26-12)4-5-14-17(18)15(23-22-14)6-7-16-20-8-10-27-16/h2-10H,11H2,1H3,(H,21,24)(H,22,23)/b7-6+. The van der Waals surface area contributed by atoms with Gasteiger partial charge in [0.15, 0.2) is 0 Å². The Morgan fingerprint density at radius 1 is 1.37 bits per heavy atom. The van der Waals surface area contributed by atoms with Gasteiger partial charge in [0.2, 0.25) is 0 Å². The molecule has 8 heteroatoms. The number of rotatable bonds is 6. The normalized spacial score (nSPS) is 11.3. The minimum Gasteiger partial charge on any atom is -0.495 e. The van der Waals surface area contributed by atoms with Gasteiger partial charge in [0.1, 0.15) is 16.5 Å². The van der Waals surface area contributed by atoms with E-state index in [0.29, 0.717) is 29.3 Å². The van der Waals surface area contributed by atoms with Gasteiger partial charge in [-0.1, -0.05) is 0 Å². The van der Waals surface area contributed by atoms with Gasteiger partial charge in [0.05, 0.1) is 42.1 Å². The monoisotopic (exact) mass is 380 g/mol. The summed E-state index contributed by atoms with van der Waals surface area (Å²) in [7, 11) is 1.54. The maximum Gasteiger partial charge on any atom is 0.255 e. The molecule has 0 aliphatic heterocycles. The lowest BCUT2D eigenvalue weighted by molar-refractivity contribution is 0.0945. The summed E-state index contributed by atoms with van der Waals surface area (Å²) in [5.41, 5.74) is 1.90. The second-order valence-corrected chi connectivity index (χ2v) is 6.57. The molecule has 2 N–H and O–H groups in total. The lowest BCUT2D eigenvalue weighted by Crippen LogP contribution is -2.23. The second kappa shape index (κ2) is 7.46. The van der Waals surface area contributed by atoms with Gasteiger partial charge in [-0.05, 0) is 36.4 Å². The highest BCUT2D eigenvalue weighted by molar-refractivity contribution is 7.10. The van der Waals surface area contributed by atoms with Crippen molar-refractivity contribution in [3.8, 4) is 5.75 Å². The van der Waals surface area contributed by atoms with Crippen LogP contribution in [0.5, 0.6) is 5.75 Å². The molecule has 0 atom stereocenters. The Morgan fingerprint density at radius 2 is 2.30 bits per heavy atom. The molecule has 7 nitrogen and oxygen atoms in total. The molecule has 27 heavy (non-hydrogen) atoms. The molecule has 0 saturated carbocycles. The van der Waals surface area contributed by atoms with Gasteiger partial charge in [-0.3, -0.25) is 9.89 Å². The van der Waals surface area contributed by atoms with Gasteiger partial charge >= 0.3 is 0 Å². The third kappa shape index (κ3) is 3.47. The fourth-order valence-corrected chi connectivity index (χ4v) is 3.29. The Morgan fingerprint density at radius 3 is 3.04 bits per heavy atom. The molecule has 4 rings (SSSR count). The van der Waals surface area contributed by atoms with Crippen molar-refractivity contribution in [2.45, 2.75) is 6.54 Å². The first-order valence-electron chi connectivity index (χ1n) is 8.19. The van der Waals surface area contributed by atoms with E-state index in [2.05, 4.69) is 20.5 Å². The van der Waals surface area contributed by atoms with Crippen molar-refractivity contribution in [3.63, 3.8) is 0 Å². The molecule has 0 aliphatic carbocycles. The molecular weight excluding hydrogens is 364 g/mol. The molecule has 0 spiro atoms. The summed E-state index contributed by atoms with van der Waals surface area (Å²) in [6.07, 6.45) is 7.05. The van der Waals surface area contributed by atoms with Gasteiger partial charge in [0.25, 0.3) is 5.91 Å². The van der Waals surface area contributed by atoms with Crippen LogP contribution in [0.3, 0.4) is 0 Å². The zero-order valence-corrected chi connectivity index (χ0v) is 15.2. The molecule has 0 unspecified atom stereocenters. The van der Waals surface area contributed by atoms with Crippen LogP contribution in [0.15, 0.2) is 46.5 Å². The number of nitrogens with zero attached hydrogens (tertiary/aromatic N) is 2. The quantitative estimate of drug-likeness (QED) is 0.532. The number of fused-ring (bicyclic) bond motifs is 1. The van der Waals surface area contributed by atoms with Crippen molar-refractivity contribution in [1.29, 1.82) is 0 Å². The highest BCUT2D eigenvalue weighted by Crippen LogP contribution is 2.32. The fraction of sp³-hybridized carbons (Fsp3) is 0.105. The Bertz CT molecular complexity index is 1080. The molecule has 3 heterocycles. The van der Waals surface area contributed by atoms with Crippen LogP contribution in [0.4, 0.5) is 0 Å². The van der Waals surface area contributed by atoms with E-state index in [-0.39, 0.29) is 5.91 Å². The molecule has 4 aromatic rings. The summed E-state index contributed by atoms with van der Waals surface area (Å²) in [6, 6.07) is 7.11. The van der Waals surface area contributed by atoms with Crippen LogP contribution in [0.2, 0.25) is 0 Å². The SMILES string of the molecule is COc1c(C(=O)NCc2ccco2)ccc2[nH]nc(/C=C/c3nccs3)c12. The number of H-pyrrole nitrogens is 1. The van der Waals surface area contributed by atoms with E-state index in [1.54, 1.807) is 37.8 Å². The van der Waals surface area contributed by atoms with Crippen molar-refractivity contribution in [2.24, 2.45) is 0 Å². The molecule has 1 aromatic carbocycles. The van der Waals surface area contributed by atoms with Gasteiger partial charge in [-0.25, -0.2) is 4.98 Å². The Balaban J connectivity index is 1.67. The maximum absolute atomic E-state index is 12.7. The first-order chi connectivity index (χ1) is 13.3. The summed E-state index contributed by atoms with van der Waals surface area (Å²) in [4.78, 5) is 16.9. The highest BCUT2D eigenvalue weighted by atomic mass is 32.1. The first kappa shape index (κ1) is 17.0. The number of nitrogens with one attached hydrogen (secondary N) is 2. The molecule has 1 amide bonds. The molecule has 0 bridgehead atoms. The van der Waals surface area contributed by atoms with E-state index in [4.69, 9.17) is 9.15 Å². The van der Waals surface area contributed by atoms with E-state index in [1.165, 1.54) is 11.3 Å². The smallest absolute Gasteiger partial charge is 0.255 e. The van der Waals surface area contributed by atoms with E-state index < -0.39 is 0 Å². The van der Waals surface area contributed by atoms with Crippen molar-refractivity contribution in [1.82, 2.24) is 20.5 Å². The third-order valence-electron chi connectivity index (χ3n) is 4.00. The Kier molecular flexibility index (Phi) is 4.71. The molecule has 136 valence electrons. The fourth-order valence-electron chi connectivity index (χ4n) is 2.76. The van der Waals surface area contributed by atoms with Crippen molar-refractivity contribution in [3.05, 3.63) is 64.1 Å². The molecule has 3 aromatic heterocycles. The number of ether oxygens (including phenoxy) is 1. The van der Waals surface area contributed by atoms with Crippen LogP contribution >= 0.6 is 11.3 Å². The van der Waals surface area contributed by atoms with Crippen LogP contribution in [0, 0.1) is 0 Å². The first-order valence-corrected chi connectivity index (χ1v) is 9.07. The largest absolute Gasteiger partial charge is 0.495 e. The number of methoxy groups -OCH3 is 1. The number of thiazole rings is 1. The Hall–Kier alpha value is -3.39. The number of aromatic nitrogens is 3. The number of hydrogen-bond donors (Lipinski definition) is 2. The number of aromatic amines is 1. The number of carbonyl (C=O) groups is 1. The van der Waals surface area contributed by atoms with Crippen LogP contribution in [0.25, 0.3) is 23.1 Å². The van der Waals surface area contributed by atoms with Crippen LogP contribution in [-0.2, 0) is 6.54 Å². The van der Waals surface area contributed by atoms with Crippen LogP contribution < -0.4 is 10.1 Å². The van der Waals surface area contributed by atoms with Crippen LogP contribution in [-0.4, -0.2) is 28.2 Å².